The van der Waals surface area contributed by atoms with Gasteiger partial charge in [0.15, 0.2) is 0 Å². The maximum Gasteiger partial charge on any atom is 0.290 e. The Bertz CT molecular complexity index is 1200. The monoisotopic (exact) mass is 475 g/mol. The lowest BCUT2D eigenvalue weighted by Crippen LogP contribution is -2.38. The number of hydrogen-bond acceptors (Lipinski definition) is 8. The largest absolute Gasteiger partial charge is 0.464 e. The number of nitrogens with zero attached hydrogens (tertiary/aromatic N) is 3. The van der Waals surface area contributed by atoms with Gasteiger partial charge in [0.2, 0.25) is 5.95 Å². The number of amides is 2. The predicted molar refractivity (Wildman–Crippen MR) is 132 cm³/mol. The lowest BCUT2D eigenvalue weighted by Gasteiger charge is -2.32. The van der Waals surface area contributed by atoms with Gasteiger partial charge in [-0.1, -0.05) is 18.2 Å². The highest BCUT2D eigenvalue weighted by molar-refractivity contribution is 8.18. The van der Waals surface area contributed by atoms with E-state index in [0.717, 1.165) is 62.1 Å². The van der Waals surface area contributed by atoms with Gasteiger partial charge in [-0.15, -0.1) is 0 Å². The standard InChI is InChI=1S/C25H25N5O3S/c31-23-22(34-25(32)29-23)14-20-6-9-27-24(28-20)30-10-7-17(8-11-30)15-26-16-18-3-1-4-19(13-18)21-5-2-12-33-21/h1-6,9,12-14,17,26H,7-8,10-11,15-16H2,(H,29,31,32)/b22-14-. The summed E-state index contributed by atoms with van der Waals surface area (Å²) in [4.78, 5) is 34.7. The van der Waals surface area contributed by atoms with Crippen molar-refractivity contribution in [1.82, 2.24) is 20.6 Å². The van der Waals surface area contributed by atoms with E-state index in [1.165, 1.54) is 5.56 Å². The number of furan rings is 1. The molecule has 8 nitrogen and oxygen atoms in total. The van der Waals surface area contributed by atoms with Gasteiger partial charge in [-0.2, -0.15) is 0 Å². The van der Waals surface area contributed by atoms with E-state index < -0.39 is 0 Å². The van der Waals surface area contributed by atoms with Crippen LogP contribution in [-0.4, -0.2) is 40.7 Å². The topological polar surface area (TPSA) is 100 Å². The summed E-state index contributed by atoms with van der Waals surface area (Å²) in [5, 5.41) is 5.50. The van der Waals surface area contributed by atoms with Crippen LogP contribution in [0.25, 0.3) is 17.4 Å². The van der Waals surface area contributed by atoms with Crippen LogP contribution < -0.4 is 15.5 Å². The molecule has 0 saturated carbocycles. The molecule has 4 heterocycles. The summed E-state index contributed by atoms with van der Waals surface area (Å²) >= 11 is 0.892. The van der Waals surface area contributed by atoms with Gasteiger partial charge in [-0.25, -0.2) is 9.97 Å². The van der Waals surface area contributed by atoms with Crippen LogP contribution in [-0.2, 0) is 11.3 Å². The van der Waals surface area contributed by atoms with Gasteiger partial charge in [0.05, 0.1) is 16.9 Å². The Balaban J connectivity index is 1.11. The smallest absolute Gasteiger partial charge is 0.290 e. The maximum atomic E-state index is 11.8. The molecule has 1 aromatic carbocycles. The number of carbonyl (C=O) groups is 2. The zero-order chi connectivity index (χ0) is 23.3. The first-order valence-electron chi connectivity index (χ1n) is 11.3. The van der Waals surface area contributed by atoms with E-state index in [2.05, 4.69) is 49.8 Å². The van der Waals surface area contributed by atoms with E-state index in [-0.39, 0.29) is 11.1 Å². The first-order chi connectivity index (χ1) is 16.6. The molecule has 5 rings (SSSR count). The summed E-state index contributed by atoms with van der Waals surface area (Å²) in [7, 11) is 0. The van der Waals surface area contributed by atoms with Crippen LogP contribution in [0.3, 0.4) is 0 Å². The first-order valence-corrected chi connectivity index (χ1v) is 12.1. The molecule has 0 radical (unpaired) electrons. The molecule has 34 heavy (non-hydrogen) atoms. The van der Waals surface area contributed by atoms with E-state index in [9.17, 15) is 9.59 Å². The van der Waals surface area contributed by atoms with Gasteiger partial charge in [0.25, 0.3) is 11.1 Å². The van der Waals surface area contributed by atoms with Crippen molar-refractivity contribution in [1.29, 1.82) is 0 Å². The molecule has 0 unspecified atom stereocenters. The van der Waals surface area contributed by atoms with Crippen LogP contribution >= 0.6 is 11.8 Å². The Morgan fingerprint density at radius 3 is 2.82 bits per heavy atom. The van der Waals surface area contributed by atoms with Crippen molar-refractivity contribution < 1.29 is 14.0 Å². The van der Waals surface area contributed by atoms with Crippen LogP contribution in [0.2, 0.25) is 0 Å². The molecular formula is C25H25N5O3S. The van der Waals surface area contributed by atoms with E-state index >= 15 is 0 Å². The lowest BCUT2D eigenvalue weighted by atomic mass is 9.97. The predicted octanol–water partition coefficient (Wildman–Crippen LogP) is 4.07. The summed E-state index contributed by atoms with van der Waals surface area (Å²) in [6, 6.07) is 14.0. The summed E-state index contributed by atoms with van der Waals surface area (Å²) in [6.07, 6.45) is 7.13. The molecule has 9 heteroatoms. The number of rotatable bonds is 7. The van der Waals surface area contributed by atoms with E-state index in [0.29, 0.717) is 22.5 Å². The molecule has 0 atom stereocenters. The molecule has 2 amide bonds. The maximum absolute atomic E-state index is 11.8. The van der Waals surface area contributed by atoms with Crippen LogP contribution in [0, 0.1) is 5.92 Å². The van der Waals surface area contributed by atoms with Crippen LogP contribution in [0.5, 0.6) is 0 Å². The number of piperidine rings is 1. The van der Waals surface area contributed by atoms with Gasteiger partial charge in [0, 0.05) is 31.4 Å². The van der Waals surface area contributed by atoms with Gasteiger partial charge in [-0.3, -0.25) is 14.9 Å². The number of hydrogen-bond donors (Lipinski definition) is 2. The minimum atomic E-state index is -0.379. The Morgan fingerprint density at radius 2 is 2.06 bits per heavy atom. The minimum Gasteiger partial charge on any atom is -0.464 e. The van der Waals surface area contributed by atoms with E-state index in [1.807, 2.05) is 12.1 Å². The Kier molecular flexibility index (Phi) is 6.73. The molecule has 2 aromatic heterocycles. The zero-order valence-electron chi connectivity index (χ0n) is 18.6. The summed E-state index contributed by atoms with van der Waals surface area (Å²) in [5.41, 5.74) is 2.95. The lowest BCUT2D eigenvalue weighted by molar-refractivity contribution is -0.115. The summed E-state index contributed by atoms with van der Waals surface area (Å²) in [5.74, 6) is 1.76. The summed E-state index contributed by atoms with van der Waals surface area (Å²) in [6.45, 7) is 3.55. The number of imide groups is 1. The number of anilines is 1. The second-order valence-electron chi connectivity index (χ2n) is 8.37. The summed E-state index contributed by atoms with van der Waals surface area (Å²) < 4.78 is 5.50. The molecule has 0 spiro atoms. The first kappa shape index (κ1) is 22.4. The Labute approximate surface area is 201 Å². The van der Waals surface area contributed by atoms with Crippen LogP contribution in [0.1, 0.15) is 24.1 Å². The number of carbonyl (C=O) groups excluding carboxylic acids is 2. The molecule has 0 aliphatic carbocycles. The van der Waals surface area contributed by atoms with Crippen LogP contribution in [0.15, 0.2) is 64.2 Å². The minimum absolute atomic E-state index is 0.355. The molecule has 2 fully saturated rings. The van der Waals surface area contributed by atoms with Gasteiger partial charge in [-0.05, 0) is 73.0 Å². The molecule has 174 valence electrons. The molecule has 0 bridgehead atoms. The number of aromatic nitrogens is 2. The van der Waals surface area contributed by atoms with Crippen molar-refractivity contribution in [3.05, 3.63) is 71.1 Å². The average Bonchev–Trinajstić information content (AvgIpc) is 3.50. The highest BCUT2D eigenvalue weighted by Crippen LogP contribution is 2.26. The second kappa shape index (κ2) is 10.2. The van der Waals surface area contributed by atoms with Crippen molar-refractivity contribution in [2.75, 3.05) is 24.5 Å². The normalized spacial score (nSPS) is 18.0. The third kappa shape index (κ3) is 5.37. The fraction of sp³-hybridized carbons (Fsp3) is 0.280. The Hall–Kier alpha value is -3.43. The van der Waals surface area contributed by atoms with Crippen molar-refractivity contribution >= 4 is 34.9 Å². The van der Waals surface area contributed by atoms with Crippen LogP contribution in [0.4, 0.5) is 10.7 Å². The van der Waals surface area contributed by atoms with Crippen molar-refractivity contribution in [3.63, 3.8) is 0 Å². The zero-order valence-corrected chi connectivity index (χ0v) is 19.4. The number of thioether (sulfide) groups is 1. The molecule has 2 aliphatic heterocycles. The van der Waals surface area contributed by atoms with Gasteiger partial charge < -0.3 is 14.6 Å². The molecule has 2 aliphatic rings. The van der Waals surface area contributed by atoms with Crippen molar-refractivity contribution in [3.8, 4) is 11.3 Å². The average molecular weight is 476 g/mol. The molecular weight excluding hydrogens is 450 g/mol. The van der Waals surface area contributed by atoms with E-state index in [4.69, 9.17) is 4.42 Å². The van der Waals surface area contributed by atoms with Crippen molar-refractivity contribution in [2.45, 2.75) is 19.4 Å². The van der Waals surface area contributed by atoms with E-state index in [1.54, 1.807) is 24.6 Å². The fourth-order valence-electron chi connectivity index (χ4n) is 4.19. The SMILES string of the molecule is O=C1NC(=O)/C(=C/c2ccnc(N3CCC(CNCc4cccc(-c5ccco5)c4)CC3)n2)S1. The second-order valence-corrected chi connectivity index (χ2v) is 9.39. The molecule has 2 N–H and O–H groups in total. The third-order valence-corrected chi connectivity index (χ3v) is 6.79. The number of benzene rings is 1. The highest BCUT2D eigenvalue weighted by Gasteiger charge is 2.25. The molecule has 2 saturated heterocycles. The van der Waals surface area contributed by atoms with Gasteiger partial charge in [0.1, 0.15) is 5.76 Å². The molecule has 3 aromatic rings. The third-order valence-electron chi connectivity index (χ3n) is 5.98. The highest BCUT2D eigenvalue weighted by atomic mass is 32.2. The number of nitrogens with one attached hydrogen (secondary N) is 2. The fourth-order valence-corrected chi connectivity index (χ4v) is 4.85. The Morgan fingerprint density at radius 1 is 1.18 bits per heavy atom. The quantitative estimate of drug-likeness (QED) is 0.494. The van der Waals surface area contributed by atoms with Gasteiger partial charge >= 0.3 is 0 Å². The van der Waals surface area contributed by atoms with Crippen molar-refractivity contribution in [2.24, 2.45) is 5.92 Å².